The van der Waals surface area contributed by atoms with Crippen LogP contribution in [0.4, 0.5) is 0 Å². The average Bonchev–Trinajstić information content (AvgIpc) is 3.17. The molecule has 154 valence electrons. The summed E-state index contributed by atoms with van der Waals surface area (Å²) in [5, 5.41) is 6.73. The second-order valence-electron chi connectivity index (χ2n) is 5.79. The summed E-state index contributed by atoms with van der Waals surface area (Å²) < 4.78 is 52.5. The second kappa shape index (κ2) is 8.77. The van der Waals surface area contributed by atoms with Gasteiger partial charge in [0.1, 0.15) is 19.1 Å². The maximum atomic E-state index is 12.4. The predicted octanol–water partition coefficient (Wildman–Crippen LogP) is -0.176. The third-order valence-electron chi connectivity index (χ3n) is 3.72. The molecule has 0 unspecified atom stereocenters. The van der Waals surface area contributed by atoms with E-state index in [1.807, 2.05) is 31.2 Å². The SMILES string of the molecule is CCc1ccc(/C(CNS(=O)(=O)c2ncn(S(=O)(=O)N(C)C)n2)=N/OC)cc1. The minimum absolute atomic E-state index is 0.198. The van der Waals surface area contributed by atoms with Gasteiger partial charge in [0.15, 0.2) is 0 Å². The van der Waals surface area contributed by atoms with Crippen LogP contribution in [-0.4, -0.2) is 68.8 Å². The summed E-state index contributed by atoms with van der Waals surface area (Å²) in [7, 11) is -4.20. The first-order chi connectivity index (χ1) is 13.1. The number of nitrogens with zero attached hydrogens (tertiary/aromatic N) is 5. The van der Waals surface area contributed by atoms with Gasteiger partial charge in [0, 0.05) is 19.7 Å². The molecule has 0 saturated heterocycles. The van der Waals surface area contributed by atoms with Gasteiger partial charge in [-0.15, -0.1) is 9.19 Å². The molecule has 0 radical (unpaired) electrons. The van der Waals surface area contributed by atoms with Gasteiger partial charge >= 0.3 is 10.2 Å². The van der Waals surface area contributed by atoms with Crippen LogP contribution in [0.25, 0.3) is 0 Å². The first-order valence-electron chi connectivity index (χ1n) is 8.15. The summed E-state index contributed by atoms with van der Waals surface area (Å²) in [6.07, 6.45) is 1.69. The van der Waals surface area contributed by atoms with Gasteiger partial charge in [-0.3, -0.25) is 0 Å². The largest absolute Gasteiger partial charge is 0.399 e. The number of rotatable bonds is 9. The van der Waals surface area contributed by atoms with E-state index in [0.717, 1.165) is 22.6 Å². The van der Waals surface area contributed by atoms with Gasteiger partial charge in [0.25, 0.3) is 15.2 Å². The molecule has 0 fully saturated rings. The van der Waals surface area contributed by atoms with E-state index in [-0.39, 0.29) is 6.54 Å². The van der Waals surface area contributed by atoms with Crippen LogP contribution in [0.3, 0.4) is 0 Å². The van der Waals surface area contributed by atoms with E-state index in [0.29, 0.717) is 15.4 Å². The third-order valence-corrected chi connectivity index (χ3v) is 6.48. The van der Waals surface area contributed by atoms with Gasteiger partial charge in [-0.1, -0.05) is 36.3 Å². The molecule has 0 bridgehead atoms. The standard InChI is InChI=1S/C15H22N6O5S2/c1-5-12-6-8-13(9-7-12)14(19-26-4)10-17-27(22,23)15-16-11-21(18-15)28(24,25)20(2)3/h6-9,11,17H,5,10H2,1-4H3/b19-14+. The average molecular weight is 431 g/mol. The van der Waals surface area contributed by atoms with E-state index in [2.05, 4.69) is 20.0 Å². The van der Waals surface area contributed by atoms with Crippen molar-refractivity contribution >= 4 is 25.9 Å². The van der Waals surface area contributed by atoms with Crippen molar-refractivity contribution in [2.45, 2.75) is 18.5 Å². The molecular weight excluding hydrogens is 408 g/mol. The van der Waals surface area contributed by atoms with Crippen LogP contribution in [0.1, 0.15) is 18.1 Å². The molecule has 2 rings (SSSR count). The fourth-order valence-electron chi connectivity index (χ4n) is 2.09. The number of oxime groups is 1. The highest BCUT2D eigenvalue weighted by Gasteiger charge is 2.25. The quantitative estimate of drug-likeness (QED) is 0.431. The Morgan fingerprint density at radius 3 is 2.39 bits per heavy atom. The molecule has 28 heavy (non-hydrogen) atoms. The van der Waals surface area contributed by atoms with Gasteiger partial charge in [0.05, 0.1) is 6.54 Å². The maximum Gasteiger partial charge on any atom is 0.323 e. The molecule has 1 aromatic carbocycles. The molecule has 1 N–H and O–H groups in total. The molecule has 0 amide bonds. The number of hydrogen-bond donors (Lipinski definition) is 1. The van der Waals surface area contributed by atoms with E-state index in [1.165, 1.54) is 21.2 Å². The highest BCUT2D eigenvalue weighted by Crippen LogP contribution is 2.08. The summed E-state index contributed by atoms with van der Waals surface area (Å²) >= 11 is 0. The Balaban J connectivity index is 2.21. The van der Waals surface area contributed by atoms with Crippen molar-refractivity contribution in [3.63, 3.8) is 0 Å². The summed E-state index contributed by atoms with van der Waals surface area (Å²) in [5.41, 5.74) is 2.14. The predicted molar refractivity (Wildman–Crippen MR) is 103 cm³/mol. The van der Waals surface area contributed by atoms with E-state index in [4.69, 9.17) is 4.84 Å². The number of aromatic nitrogens is 3. The Bertz CT molecular complexity index is 1040. The number of sulfonamides is 1. The minimum atomic E-state index is -4.17. The van der Waals surface area contributed by atoms with Crippen molar-refractivity contribution in [1.82, 2.24) is 23.2 Å². The van der Waals surface area contributed by atoms with Crippen LogP contribution in [-0.2, 0) is 31.5 Å². The first-order valence-corrected chi connectivity index (χ1v) is 11.0. The molecule has 0 atom stereocenters. The lowest BCUT2D eigenvalue weighted by Gasteiger charge is -2.09. The fourth-order valence-corrected chi connectivity index (χ4v) is 3.66. The van der Waals surface area contributed by atoms with Crippen LogP contribution in [0.5, 0.6) is 0 Å². The van der Waals surface area contributed by atoms with E-state index in [9.17, 15) is 16.8 Å². The Kier molecular flexibility index (Phi) is 6.87. The first kappa shape index (κ1) is 21.9. The molecule has 1 aromatic heterocycles. The third kappa shape index (κ3) is 4.92. The molecule has 0 spiro atoms. The maximum absolute atomic E-state index is 12.4. The summed E-state index contributed by atoms with van der Waals surface area (Å²) in [6, 6.07) is 7.43. The Morgan fingerprint density at radius 2 is 1.86 bits per heavy atom. The van der Waals surface area contributed by atoms with E-state index in [1.54, 1.807) is 0 Å². The Hall–Kier alpha value is -2.35. The highest BCUT2D eigenvalue weighted by atomic mass is 32.2. The van der Waals surface area contributed by atoms with Crippen molar-refractivity contribution < 1.29 is 21.7 Å². The Morgan fingerprint density at radius 1 is 1.21 bits per heavy atom. The molecular formula is C15H22N6O5S2. The lowest BCUT2D eigenvalue weighted by molar-refractivity contribution is 0.213. The van der Waals surface area contributed by atoms with Crippen molar-refractivity contribution in [2.75, 3.05) is 27.7 Å². The fraction of sp³-hybridized carbons (Fsp3) is 0.400. The van der Waals surface area contributed by atoms with Crippen molar-refractivity contribution in [1.29, 1.82) is 0 Å². The number of benzene rings is 1. The van der Waals surface area contributed by atoms with Crippen LogP contribution < -0.4 is 4.72 Å². The summed E-state index contributed by atoms with van der Waals surface area (Å²) in [6.45, 7) is 1.83. The molecule has 0 aliphatic heterocycles. The summed E-state index contributed by atoms with van der Waals surface area (Å²) in [4.78, 5) is 8.37. The van der Waals surface area contributed by atoms with Gasteiger partial charge in [-0.2, -0.15) is 12.7 Å². The Labute approximate surface area is 164 Å². The number of aryl methyl sites for hydroxylation is 1. The normalized spacial score (nSPS) is 13.1. The van der Waals surface area contributed by atoms with Crippen LogP contribution in [0, 0.1) is 0 Å². The zero-order valence-corrected chi connectivity index (χ0v) is 17.5. The molecule has 13 heteroatoms. The monoisotopic (exact) mass is 430 g/mol. The molecule has 11 nitrogen and oxygen atoms in total. The van der Waals surface area contributed by atoms with Gasteiger partial charge in [0.2, 0.25) is 0 Å². The van der Waals surface area contributed by atoms with Gasteiger partial charge in [-0.25, -0.2) is 18.1 Å². The van der Waals surface area contributed by atoms with Gasteiger partial charge < -0.3 is 4.84 Å². The smallest absolute Gasteiger partial charge is 0.323 e. The molecule has 2 aromatic rings. The van der Waals surface area contributed by atoms with Crippen LogP contribution in [0.2, 0.25) is 0 Å². The van der Waals surface area contributed by atoms with E-state index < -0.39 is 25.4 Å². The number of hydrogen-bond acceptors (Lipinski definition) is 8. The van der Waals surface area contributed by atoms with Crippen molar-refractivity contribution in [2.24, 2.45) is 5.16 Å². The van der Waals surface area contributed by atoms with E-state index >= 15 is 0 Å². The lowest BCUT2D eigenvalue weighted by atomic mass is 10.1. The van der Waals surface area contributed by atoms with Crippen LogP contribution >= 0.6 is 0 Å². The molecule has 0 aliphatic rings. The van der Waals surface area contributed by atoms with Gasteiger partial charge in [-0.05, 0) is 12.0 Å². The second-order valence-corrected chi connectivity index (χ2v) is 9.45. The van der Waals surface area contributed by atoms with Crippen LogP contribution in [0.15, 0.2) is 40.9 Å². The molecule has 1 heterocycles. The lowest BCUT2D eigenvalue weighted by Crippen LogP contribution is -2.32. The summed E-state index contributed by atoms with van der Waals surface area (Å²) in [5.74, 6) is 0. The van der Waals surface area contributed by atoms with Crippen molar-refractivity contribution in [3.05, 3.63) is 41.7 Å². The minimum Gasteiger partial charge on any atom is -0.399 e. The number of nitrogens with one attached hydrogen (secondary N) is 1. The zero-order chi connectivity index (χ0) is 20.9. The highest BCUT2D eigenvalue weighted by molar-refractivity contribution is 7.89. The molecule has 0 saturated carbocycles. The zero-order valence-electron chi connectivity index (χ0n) is 15.9. The van der Waals surface area contributed by atoms with Crippen molar-refractivity contribution in [3.8, 4) is 0 Å². The molecule has 0 aliphatic carbocycles. The topological polar surface area (TPSA) is 136 Å².